The van der Waals surface area contributed by atoms with Crippen LogP contribution in [0.15, 0.2) is 28.7 Å². The maximum atomic E-state index is 12.7. The summed E-state index contributed by atoms with van der Waals surface area (Å²) < 4.78 is 39.0. The zero-order chi connectivity index (χ0) is 17.9. The van der Waals surface area contributed by atoms with Crippen molar-refractivity contribution in [2.45, 2.75) is 39.5 Å². The lowest BCUT2D eigenvalue weighted by molar-refractivity contribution is 0.0430. The van der Waals surface area contributed by atoms with Gasteiger partial charge in [0.1, 0.15) is 0 Å². The van der Waals surface area contributed by atoms with Gasteiger partial charge in [0.2, 0.25) is 5.62 Å². The fourth-order valence-corrected chi connectivity index (χ4v) is 4.46. The third kappa shape index (κ3) is 3.96. The monoisotopic (exact) mass is 366 g/mol. The van der Waals surface area contributed by atoms with Gasteiger partial charge in [-0.05, 0) is 25.5 Å². The average molecular weight is 366 g/mol. The van der Waals surface area contributed by atoms with Crippen molar-refractivity contribution in [2.24, 2.45) is 4.40 Å². The van der Waals surface area contributed by atoms with E-state index in [9.17, 15) is 8.42 Å². The van der Waals surface area contributed by atoms with E-state index in [1.165, 1.54) is 0 Å². The molecule has 8 heteroatoms. The number of para-hydroxylation sites is 2. The number of morpholine rings is 1. The van der Waals surface area contributed by atoms with Crippen molar-refractivity contribution < 1.29 is 13.2 Å². The summed E-state index contributed by atoms with van der Waals surface area (Å²) >= 11 is 0. The Bertz CT molecular complexity index is 892. The van der Waals surface area contributed by atoms with E-state index in [0.29, 0.717) is 25.3 Å². The number of hydrogen-bond acceptors (Lipinski definition) is 4. The minimum atomic E-state index is -3.64. The van der Waals surface area contributed by atoms with E-state index < -0.39 is 10.0 Å². The van der Waals surface area contributed by atoms with Crippen LogP contribution in [0.1, 0.15) is 20.3 Å². The average Bonchev–Trinajstić information content (AvgIpc) is 2.88. The fraction of sp³-hybridized carbons (Fsp3) is 0.588. The molecular formula is C17H26N4O3S. The molecule has 138 valence electrons. The Balaban J connectivity index is 2.09. The molecular weight excluding hydrogens is 340 g/mol. The third-order valence-electron chi connectivity index (χ3n) is 4.33. The van der Waals surface area contributed by atoms with E-state index in [-0.39, 0.29) is 11.9 Å². The molecule has 7 nitrogen and oxygen atoms in total. The number of imidazole rings is 1. The van der Waals surface area contributed by atoms with Crippen LogP contribution in [0.3, 0.4) is 0 Å². The van der Waals surface area contributed by atoms with Gasteiger partial charge >= 0.3 is 0 Å². The van der Waals surface area contributed by atoms with Crippen molar-refractivity contribution >= 4 is 21.1 Å². The minimum absolute atomic E-state index is 0.0998. The number of ether oxygens (including phenoxy) is 1. The number of rotatable bonds is 6. The molecule has 0 amide bonds. The summed E-state index contributed by atoms with van der Waals surface area (Å²) in [6.45, 7) is 7.30. The topological polar surface area (TPSA) is 77.6 Å². The standard InChI is InChI=1S/C17H26N4O3S/c1-3-10-21-16-8-6-5-7-15(16)20(4-2)17(21)19-25(22,23)13-14-12-18-9-11-24-14/h5-8,14,18H,3-4,9-13H2,1-2H3/b19-17-. The largest absolute Gasteiger partial charge is 0.374 e. The maximum Gasteiger partial charge on any atom is 0.259 e. The number of sulfonamides is 1. The zero-order valence-electron chi connectivity index (χ0n) is 14.8. The molecule has 1 N–H and O–H groups in total. The Kier molecular flexibility index (Phi) is 5.61. The van der Waals surface area contributed by atoms with Gasteiger partial charge in [-0.15, -0.1) is 4.40 Å². The van der Waals surface area contributed by atoms with Crippen LogP contribution in [-0.2, 0) is 27.8 Å². The number of aromatic nitrogens is 2. The van der Waals surface area contributed by atoms with Crippen molar-refractivity contribution in [3.05, 3.63) is 29.9 Å². The second-order valence-electron chi connectivity index (χ2n) is 6.22. The molecule has 1 unspecified atom stereocenters. The molecule has 1 aromatic heterocycles. The van der Waals surface area contributed by atoms with Crippen LogP contribution in [0.2, 0.25) is 0 Å². The molecule has 1 aliphatic rings. The van der Waals surface area contributed by atoms with E-state index >= 15 is 0 Å². The van der Waals surface area contributed by atoms with E-state index in [0.717, 1.165) is 30.5 Å². The van der Waals surface area contributed by atoms with Gasteiger partial charge in [-0.3, -0.25) is 0 Å². The van der Waals surface area contributed by atoms with Gasteiger partial charge in [-0.1, -0.05) is 19.1 Å². The van der Waals surface area contributed by atoms with E-state index in [1.54, 1.807) is 0 Å². The van der Waals surface area contributed by atoms with Crippen LogP contribution < -0.4 is 10.9 Å². The first-order chi connectivity index (χ1) is 12.1. The summed E-state index contributed by atoms with van der Waals surface area (Å²) in [4.78, 5) is 0. The predicted octanol–water partition coefficient (Wildman–Crippen LogP) is 1.09. The summed E-state index contributed by atoms with van der Waals surface area (Å²) in [6.07, 6.45) is 0.558. The van der Waals surface area contributed by atoms with Gasteiger partial charge in [-0.25, -0.2) is 8.42 Å². The lowest BCUT2D eigenvalue weighted by Crippen LogP contribution is -2.42. The SMILES string of the molecule is CCCn1/c(=N\S(=O)(=O)CC2CNCCO2)n(CC)c2ccccc21. The Morgan fingerprint density at radius 1 is 1.24 bits per heavy atom. The highest BCUT2D eigenvalue weighted by Gasteiger charge is 2.22. The number of nitrogens with one attached hydrogen (secondary N) is 1. The van der Waals surface area contributed by atoms with Gasteiger partial charge in [0.05, 0.1) is 29.5 Å². The normalized spacial score (nSPS) is 19.6. The maximum absolute atomic E-state index is 12.7. The molecule has 0 bridgehead atoms. The van der Waals surface area contributed by atoms with Crippen LogP contribution in [0.5, 0.6) is 0 Å². The second-order valence-corrected chi connectivity index (χ2v) is 7.90. The van der Waals surface area contributed by atoms with Crippen molar-refractivity contribution in [1.29, 1.82) is 0 Å². The van der Waals surface area contributed by atoms with Crippen molar-refractivity contribution in [1.82, 2.24) is 14.5 Å². The van der Waals surface area contributed by atoms with Gasteiger partial charge in [0.25, 0.3) is 10.0 Å². The molecule has 1 atom stereocenters. The van der Waals surface area contributed by atoms with Gasteiger partial charge in [0, 0.05) is 26.2 Å². The van der Waals surface area contributed by atoms with Crippen molar-refractivity contribution in [3.63, 3.8) is 0 Å². The van der Waals surface area contributed by atoms with Crippen LogP contribution in [0.4, 0.5) is 0 Å². The smallest absolute Gasteiger partial charge is 0.259 e. The Labute approximate surface area is 148 Å². The summed E-state index contributed by atoms with van der Waals surface area (Å²) in [5, 5.41) is 3.16. The zero-order valence-corrected chi connectivity index (χ0v) is 15.6. The number of hydrogen-bond donors (Lipinski definition) is 1. The number of benzene rings is 1. The van der Waals surface area contributed by atoms with Crippen molar-refractivity contribution in [2.75, 3.05) is 25.4 Å². The van der Waals surface area contributed by atoms with Gasteiger partial charge < -0.3 is 19.2 Å². The highest BCUT2D eigenvalue weighted by atomic mass is 32.2. The quantitative estimate of drug-likeness (QED) is 0.830. The highest BCUT2D eigenvalue weighted by molar-refractivity contribution is 7.90. The summed E-state index contributed by atoms with van der Waals surface area (Å²) in [6, 6.07) is 7.95. The van der Waals surface area contributed by atoms with Crippen LogP contribution >= 0.6 is 0 Å². The highest BCUT2D eigenvalue weighted by Crippen LogP contribution is 2.14. The van der Waals surface area contributed by atoms with Crippen LogP contribution in [0.25, 0.3) is 11.0 Å². The lowest BCUT2D eigenvalue weighted by Gasteiger charge is -2.22. The van der Waals surface area contributed by atoms with Gasteiger partial charge in [-0.2, -0.15) is 0 Å². The van der Waals surface area contributed by atoms with E-state index in [2.05, 4.69) is 16.6 Å². The third-order valence-corrected chi connectivity index (χ3v) is 5.57. The molecule has 1 saturated heterocycles. The lowest BCUT2D eigenvalue weighted by atomic mass is 10.3. The molecule has 2 aromatic rings. The van der Waals surface area contributed by atoms with E-state index in [1.807, 2.05) is 40.3 Å². The first-order valence-electron chi connectivity index (χ1n) is 8.84. The molecule has 1 aromatic carbocycles. The molecule has 3 rings (SSSR count). The number of fused-ring (bicyclic) bond motifs is 1. The Morgan fingerprint density at radius 2 is 1.96 bits per heavy atom. The molecule has 1 fully saturated rings. The first kappa shape index (κ1) is 18.2. The second kappa shape index (κ2) is 7.72. The fourth-order valence-electron chi connectivity index (χ4n) is 3.26. The molecule has 0 saturated carbocycles. The summed E-state index contributed by atoms with van der Waals surface area (Å²) in [7, 11) is -3.64. The van der Waals surface area contributed by atoms with Crippen molar-refractivity contribution in [3.8, 4) is 0 Å². The summed E-state index contributed by atoms with van der Waals surface area (Å²) in [5.41, 5.74) is 2.51. The molecule has 1 aliphatic heterocycles. The Hall–Kier alpha value is -1.64. The first-order valence-corrected chi connectivity index (χ1v) is 10.5. The van der Waals surface area contributed by atoms with Crippen LogP contribution in [-0.4, -0.2) is 49.1 Å². The molecule has 2 heterocycles. The van der Waals surface area contributed by atoms with E-state index in [4.69, 9.17) is 4.74 Å². The summed E-state index contributed by atoms with van der Waals surface area (Å²) in [5.74, 6) is -0.0998. The van der Waals surface area contributed by atoms with Gasteiger partial charge in [0.15, 0.2) is 0 Å². The number of aryl methyl sites for hydroxylation is 2. The molecule has 0 spiro atoms. The van der Waals surface area contributed by atoms with Crippen LogP contribution in [0, 0.1) is 0 Å². The molecule has 0 radical (unpaired) electrons. The molecule has 25 heavy (non-hydrogen) atoms. The number of nitrogens with zero attached hydrogens (tertiary/aromatic N) is 3. The predicted molar refractivity (Wildman–Crippen MR) is 97.9 cm³/mol. The Morgan fingerprint density at radius 3 is 2.56 bits per heavy atom. The minimum Gasteiger partial charge on any atom is -0.374 e. The molecule has 0 aliphatic carbocycles.